The van der Waals surface area contributed by atoms with E-state index in [-0.39, 0.29) is 17.8 Å². The number of nitrogens with zero attached hydrogens (tertiary/aromatic N) is 3. The lowest BCUT2D eigenvalue weighted by Crippen LogP contribution is -2.55. The highest BCUT2D eigenvalue weighted by atomic mass is 16.2. The van der Waals surface area contributed by atoms with Gasteiger partial charge in [-0.05, 0) is 24.0 Å². The fourth-order valence-corrected chi connectivity index (χ4v) is 3.45. The third-order valence-electron chi connectivity index (χ3n) is 5.82. The second kappa shape index (κ2) is 8.57. The topological polar surface area (TPSA) is 122 Å². The highest BCUT2D eigenvalue weighted by Gasteiger charge is 2.41. The molecule has 6 N–H and O–H groups in total. The van der Waals surface area contributed by atoms with Crippen molar-refractivity contribution in [2.75, 3.05) is 31.9 Å². The number of piperazine rings is 1. The van der Waals surface area contributed by atoms with E-state index in [1.165, 1.54) is 0 Å². The number of benzene rings is 1. The van der Waals surface area contributed by atoms with Crippen LogP contribution in [0.4, 0.5) is 5.95 Å². The van der Waals surface area contributed by atoms with Gasteiger partial charge in [0.15, 0.2) is 0 Å². The smallest absolute Gasteiger partial charge is 0.350 e. The van der Waals surface area contributed by atoms with Crippen molar-refractivity contribution in [2.24, 2.45) is 11.7 Å². The molecule has 0 radical (unpaired) electrons. The van der Waals surface area contributed by atoms with Crippen LogP contribution in [0.5, 0.6) is 0 Å². The monoisotopic (exact) mass is 396 g/mol. The number of hydrogen-bond acceptors (Lipinski definition) is 5. The molecule has 1 aromatic carbocycles. The highest BCUT2D eigenvalue weighted by Crippen LogP contribution is 2.33. The van der Waals surface area contributed by atoms with Gasteiger partial charge >= 0.3 is 5.96 Å². The molecule has 1 aromatic heterocycles. The van der Waals surface area contributed by atoms with Crippen molar-refractivity contribution in [3.05, 3.63) is 42.2 Å². The number of hydrogen-bond donors (Lipinski definition) is 4. The zero-order valence-corrected chi connectivity index (χ0v) is 17.3. The Balaban J connectivity index is 1.85. The van der Waals surface area contributed by atoms with E-state index in [9.17, 15) is 4.79 Å². The molecule has 0 saturated carbocycles. The van der Waals surface area contributed by atoms with Gasteiger partial charge in [-0.15, -0.1) is 0 Å². The molecule has 0 spiro atoms. The van der Waals surface area contributed by atoms with E-state index in [0.29, 0.717) is 5.96 Å². The third kappa shape index (κ3) is 4.37. The molecule has 1 atom stereocenters. The molecule has 1 aliphatic heterocycles. The fourth-order valence-electron chi connectivity index (χ4n) is 3.45. The van der Waals surface area contributed by atoms with Crippen molar-refractivity contribution in [2.45, 2.75) is 26.2 Å². The zero-order valence-electron chi connectivity index (χ0n) is 17.3. The second-order valence-electron chi connectivity index (χ2n) is 7.84. The third-order valence-corrected chi connectivity index (χ3v) is 5.82. The molecule has 29 heavy (non-hydrogen) atoms. The number of carbonyl (C=O) groups is 1. The lowest BCUT2D eigenvalue weighted by atomic mass is 9.72. The molecule has 1 unspecified atom stereocenters. The van der Waals surface area contributed by atoms with E-state index in [0.717, 1.165) is 42.9 Å². The van der Waals surface area contributed by atoms with Crippen molar-refractivity contribution >= 4 is 17.8 Å². The van der Waals surface area contributed by atoms with Crippen LogP contribution in [0.3, 0.4) is 0 Å². The number of aromatic nitrogens is 2. The Bertz CT molecular complexity index is 882. The maximum absolute atomic E-state index is 13.3. The lowest BCUT2D eigenvalue weighted by molar-refractivity contribution is -0.534. The Morgan fingerprint density at radius 1 is 1.14 bits per heavy atom. The second-order valence-corrected chi connectivity index (χ2v) is 7.84. The van der Waals surface area contributed by atoms with Gasteiger partial charge < -0.3 is 11.1 Å². The average molecular weight is 397 g/mol. The van der Waals surface area contributed by atoms with E-state index < -0.39 is 5.41 Å². The number of anilines is 1. The quantitative estimate of drug-likeness (QED) is 0.445. The van der Waals surface area contributed by atoms with Crippen molar-refractivity contribution in [3.8, 4) is 11.1 Å². The molecular formula is C21H30N7O+. The number of nitrogen functional groups attached to an aromatic ring is 1. The number of nitrogens with two attached hydrogens (primary N) is 2. The summed E-state index contributed by atoms with van der Waals surface area (Å²) >= 11 is 0. The maximum atomic E-state index is 13.3. The van der Waals surface area contributed by atoms with Gasteiger partial charge in [0.2, 0.25) is 5.95 Å². The minimum atomic E-state index is -0.727. The summed E-state index contributed by atoms with van der Waals surface area (Å²) in [7, 11) is 0. The molecule has 1 fully saturated rings. The van der Waals surface area contributed by atoms with Crippen LogP contribution < -0.4 is 22.1 Å². The Morgan fingerprint density at radius 3 is 2.28 bits per heavy atom. The number of nitrogens with one attached hydrogen (secondary N) is 2. The van der Waals surface area contributed by atoms with E-state index in [1.54, 1.807) is 12.4 Å². The van der Waals surface area contributed by atoms with Gasteiger partial charge in [0.1, 0.15) is 0 Å². The minimum Gasteiger partial charge on any atom is -0.368 e. The molecule has 2 heterocycles. The van der Waals surface area contributed by atoms with Gasteiger partial charge in [-0.1, -0.05) is 38.1 Å². The summed E-state index contributed by atoms with van der Waals surface area (Å²) in [4.78, 5) is 21.3. The average Bonchev–Trinajstić information content (AvgIpc) is 2.74. The number of rotatable bonds is 4. The molecule has 0 aliphatic carbocycles. The van der Waals surface area contributed by atoms with E-state index in [2.05, 4.69) is 20.6 Å². The normalized spacial score (nSPS) is 16.3. The summed E-state index contributed by atoms with van der Waals surface area (Å²) < 4.78 is 2.00. The molecule has 154 valence electrons. The summed E-state index contributed by atoms with van der Waals surface area (Å²) in [5.41, 5.74) is 13.8. The number of carbonyl (C=O) groups excluding carboxylic acids is 1. The van der Waals surface area contributed by atoms with E-state index in [4.69, 9.17) is 11.5 Å². The largest absolute Gasteiger partial charge is 0.368 e. The first-order chi connectivity index (χ1) is 13.8. The summed E-state index contributed by atoms with van der Waals surface area (Å²) in [6.45, 7) is 9.32. The molecule has 8 heteroatoms. The Kier molecular flexibility index (Phi) is 6.12. The van der Waals surface area contributed by atoms with Crippen molar-refractivity contribution in [1.29, 1.82) is 0 Å². The lowest BCUT2D eigenvalue weighted by Gasteiger charge is -2.31. The molecule has 1 aliphatic rings. The van der Waals surface area contributed by atoms with Gasteiger partial charge in [0, 0.05) is 31.0 Å². The van der Waals surface area contributed by atoms with Gasteiger partial charge in [0.05, 0.1) is 18.5 Å². The molecule has 2 aromatic rings. The summed E-state index contributed by atoms with van der Waals surface area (Å²) in [5.74, 6) is 0.628. The molecular weight excluding hydrogens is 366 g/mol. The number of guanidine groups is 1. The number of amides is 1. The van der Waals surface area contributed by atoms with Crippen LogP contribution in [0.15, 0.2) is 36.7 Å². The Hall–Kier alpha value is -3.00. The highest BCUT2D eigenvalue weighted by molar-refractivity contribution is 5.99. The van der Waals surface area contributed by atoms with Crippen LogP contribution in [0, 0.1) is 5.92 Å². The SMILES string of the molecule is CC(C)C(C)(C(=O)NC(N)=[N+]1CCNCC1)c1ccc(-c2cnc(N)nc2)cc1. The van der Waals surface area contributed by atoms with Gasteiger partial charge in [-0.3, -0.25) is 15.1 Å². The standard InChI is InChI=1S/C21H29N7O/c1-14(2)21(3,18(29)27-20(23)28-10-8-24-9-11-28)17-6-4-15(5-7-17)16-12-25-19(22)26-13-16/h4-7,12-14,24H,8-11H2,1-3H3,(H4,22,23,25,26,27,29)/p+1. The minimum absolute atomic E-state index is 0.0732. The van der Waals surface area contributed by atoms with Crippen LogP contribution in [-0.2, 0) is 10.2 Å². The van der Waals surface area contributed by atoms with Crippen LogP contribution >= 0.6 is 0 Å². The fraction of sp³-hybridized carbons (Fsp3) is 0.429. The van der Waals surface area contributed by atoms with Crippen molar-refractivity contribution in [1.82, 2.24) is 20.6 Å². The van der Waals surface area contributed by atoms with Crippen LogP contribution in [0.25, 0.3) is 11.1 Å². The van der Waals surface area contributed by atoms with Crippen molar-refractivity contribution in [3.63, 3.8) is 0 Å². The van der Waals surface area contributed by atoms with Gasteiger partial charge in [0.25, 0.3) is 5.91 Å². The van der Waals surface area contributed by atoms with Gasteiger partial charge in [-0.2, -0.15) is 0 Å². The Morgan fingerprint density at radius 2 is 1.72 bits per heavy atom. The van der Waals surface area contributed by atoms with Crippen LogP contribution in [0.1, 0.15) is 26.3 Å². The van der Waals surface area contributed by atoms with E-state index >= 15 is 0 Å². The molecule has 8 nitrogen and oxygen atoms in total. The predicted molar refractivity (Wildman–Crippen MR) is 114 cm³/mol. The van der Waals surface area contributed by atoms with E-state index in [1.807, 2.05) is 49.6 Å². The summed E-state index contributed by atoms with van der Waals surface area (Å²) in [6, 6.07) is 7.90. The summed E-state index contributed by atoms with van der Waals surface area (Å²) in [6.07, 6.45) is 3.38. The Labute approximate surface area is 171 Å². The first-order valence-corrected chi connectivity index (χ1v) is 9.90. The molecule has 3 rings (SSSR count). The summed E-state index contributed by atoms with van der Waals surface area (Å²) in [5, 5.41) is 6.22. The maximum Gasteiger partial charge on any atom is 0.350 e. The van der Waals surface area contributed by atoms with Gasteiger partial charge in [-0.25, -0.2) is 15.3 Å². The van der Waals surface area contributed by atoms with Crippen molar-refractivity contribution < 1.29 is 9.37 Å². The first kappa shape index (κ1) is 20.7. The predicted octanol–water partition coefficient (Wildman–Crippen LogP) is 0.686. The molecule has 0 bridgehead atoms. The van der Waals surface area contributed by atoms with Crippen LogP contribution in [-0.4, -0.2) is 52.6 Å². The molecule has 1 amide bonds. The zero-order chi connectivity index (χ0) is 21.0. The first-order valence-electron chi connectivity index (χ1n) is 9.90. The van der Waals surface area contributed by atoms with Crippen LogP contribution in [0.2, 0.25) is 0 Å². The molecule has 1 saturated heterocycles.